The van der Waals surface area contributed by atoms with Gasteiger partial charge in [-0.05, 0) is 6.92 Å². The zero-order chi connectivity index (χ0) is 9.40. The second-order valence-electron chi connectivity index (χ2n) is 2.31. The third-order valence-electron chi connectivity index (χ3n) is 1.29. The minimum absolute atomic E-state index is 0.445. The molecule has 2 N–H and O–H groups in total. The van der Waals surface area contributed by atoms with Crippen LogP contribution >= 0.6 is 0 Å². The summed E-state index contributed by atoms with van der Waals surface area (Å²) in [5, 5.41) is 0. The fraction of sp³-hybridized carbons (Fsp3) is 0.625. The summed E-state index contributed by atoms with van der Waals surface area (Å²) in [5.74, 6) is -0.445. The molecular formula is C8H15NO3. The fourth-order valence-electron chi connectivity index (χ4n) is 0.568. The van der Waals surface area contributed by atoms with Crippen LogP contribution in [0.5, 0.6) is 0 Å². The molecule has 1 unspecified atom stereocenters. The first kappa shape index (κ1) is 11.0. The number of primary amides is 1. The maximum Gasteiger partial charge on any atom is 0.246 e. The molecule has 0 aromatic carbocycles. The van der Waals surface area contributed by atoms with Crippen LogP contribution in [0.3, 0.4) is 0 Å². The topological polar surface area (TPSA) is 61.6 Å². The van der Waals surface area contributed by atoms with Gasteiger partial charge in [0.05, 0.1) is 19.5 Å². The molecule has 1 atom stereocenters. The van der Waals surface area contributed by atoms with E-state index in [-0.39, 0.29) is 0 Å². The first-order valence-corrected chi connectivity index (χ1v) is 3.82. The number of nitrogens with two attached hydrogens (primary N) is 1. The van der Waals surface area contributed by atoms with Crippen LogP contribution in [-0.2, 0) is 14.3 Å². The Hall–Kier alpha value is -1.03. The zero-order valence-corrected chi connectivity index (χ0v) is 7.29. The Labute approximate surface area is 72.3 Å². The van der Waals surface area contributed by atoms with Crippen molar-refractivity contribution in [1.29, 1.82) is 0 Å². The Morgan fingerprint density at radius 2 is 2.33 bits per heavy atom. The van der Waals surface area contributed by atoms with Crippen molar-refractivity contribution in [3.8, 4) is 0 Å². The summed E-state index contributed by atoms with van der Waals surface area (Å²) < 4.78 is 9.90. The summed E-state index contributed by atoms with van der Waals surface area (Å²) in [5.41, 5.74) is 4.97. The number of rotatable bonds is 7. The normalized spacial score (nSPS) is 12.1. The highest BCUT2D eigenvalue weighted by molar-refractivity contribution is 5.78. The lowest BCUT2D eigenvalue weighted by molar-refractivity contribution is -0.128. The summed E-state index contributed by atoms with van der Waals surface area (Å²) in [6, 6.07) is 0. The van der Waals surface area contributed by atoms with E-state index in [1.54, 1.807) is 6.92 Å². The van der Waals surface area contributed by atoms with Gasteiger partial charge in [0.15, 0.2) is 0 Å². The molecule has 0 aliphatic heterocycles. The van der Waals surface area contributed by atoms with Gasteiger partial charge >= 0.3 is 0 Å². The summed E-state index contributed by atoms with van der Waals surface area (Å²) in [4.78, 5) is 10.5. The van der Waals surface area contributed by atoms with Crippen molar-refractivity contribution in [1.82, 2.24) is 0 Å². The third kappa shape index (κ3) is 5.73. The molecule has 0 fully saturated rings. The predicted molar refractivity (Wildman–Crippen MR) is 45.4 cm³/mol. The smallest absolute Gasteiger partial charge is 0.246 e. The van der Waals surface area contributed by atoms with Gasteiger partial charge in [0.2, 0.25) is 5.91 Å². The molecule has 1 amide bonds. The SMILES string of the molecule is C=COCCCOC(C)C(N)=O. The van der Waals surface area contributed by atoms with Crippen molar-refractivity contribution in [2.75, 3.05) is 13.2 Å². The average molecular weight is 173 g/mol. The molecule has 0 aliphatic carbocycles. The highest BCUT2D eigenvalue weighted by Crippen LogP contribution is 1.91. The monoisotopic (exact) mass is 173 g/mol. The van der Waals surface area contributed by atoms with Crippen LogP contribution in [0.4, 0.5) is 0 Å². The van der Waals surface area contributed by atoms with Crippen LogP contribution in [0.1, 0.15) is 13.3 Å². The minimum Gasteiger partial charge on any atom is -0.502 e. The van der Waals surface area contributed by atoms with Crippen molar-refractivity contribution >= 4 is 5.91 Å². The molecule has 0 rings (SSSR count). The molecule has 0 aliphatic rings. The zero-order valence-electron chi connectivity index (χ0n) is 7.29. The summed E-state index contributed by atoms with van der Waals surface area (Å²) in [7, 11) is 0. The largest absolute Gasteiger partial charge is 0.502 e. The average Bonchev–Trinajstić information content (AvgIpc) is 2.03. The molecule has 0 aromatic heterocycles. The molecule has 0 spiro atoms. The van der Waals surface area contributed by atoms with Crippen LogP contribution in [0.15, 0.2) is 12.8 Å². The second kappa shape index (κ2) is 6.67. The van der Waals surface area contributed by atoms with Gasteiger partial charge in [-0.2, -0.15) is 0 Å². The summed E-state index contributed by atoms with van der Waals surface area (Å²) in [6.45, 7) is 6.03. The second-order valence-corrected chi connectivity index (χ2v) is 2.31. The van der Waals surface area contributed by atoms with Crippen LogP contribution in [0.2, 0.25) is 0 Å². The maximum atomic E-state index is 10.5. The molecule has 0 radical (unpaired) electrons. The van der Waals surface area contributed by atoms with Crippen molar-refractivity contribution in [3.63, 3.8) is 0 Å². The van der Waals surface area contributed by atoms with Crippen molar-refractivity contribution in [2.45, 2.75) is 19.4 Å². The Balaban J connectivity index is 3.19. The number of hydrogen-bond donors (Lipinski definition) is 1. The van der Waals surface area contributed by atoms with E-state index in [0.717, 1.165) is 6.42 Å². The highest BCUT2D eigenvalue weighted by atomic mass is 16.5. The molecule has 12 heavy (non-hydrogen) atoms. The first-order valence-electron chi connectivity index (χ1n) is 3.82. The van der Waals surface area contributed by atoms with Gasteiger partial charge in [-0.15, -0.1) is 0 Å². The van der Waals surface area contributed by atoms with E-state index < -0.39 is 12.0 Å². The van der Waals surface area contributed by atoms with E-state index in [2.05, 4.69) is 6.58 Å². The molecule has 0 heterocycles. The number of amides is 1. The molecule has 70 valence electrons. The third-order valence-corrected chi connectivity index (χ3v) is 1.29. The van der Waals surface area contributed by atoms with Crippen LogP contribution in [-0.4, -0.2) is 25.2 Å². The minimum atomic E-state index is -0.520. The van der Waals surface area contributed by atoms with Crippen molar-refractivity contribution < 1.29 is 14.3 Å². The van der Waals surface area contributed by atoms with Crippen LogP contribution in [0.25, 0.3) is 0 Å². The summed E-state index contributed by atoms with van der Waals surface area (Å²) >= 11 is 0. The van der Waals surface area contributed by atoms with Gasteiger partial charge in [-0.1, -0.05) is 6.58 Å². The quantitative estimate of drug-likeness (QED) is 0.448. The number of ether oxygens (including phenoxy) is 2. The van der Waals surface area contributed by atoms with Gasteiger partial charge in [0.1, 0.15) is 6.10 Å². The molecule has 0 saturated heterocycles. The van der Waals surface area contributed by atoms with E-state index in [1.807, 2.05) is 0 Å². The lowest BCUT2D eigenvalue weighted by Crippen LogP contribution is -2.28. The number of hydrogen-bond acceptors (Lipinski definition) is 3. The fourth-order valence-corrected chi connectivity index (χ4v) is 0.568. The van der Waals surface area contributed by atoms with Crippen LogP contribution in [0, 0.1) is 0 Å². The van der Waals surface area contributed by atoms with Gasteiger partial charge < -0.3 is 15.2 Å². The van der Waals surface area contributed by atoms with Crippen molar-refractivity contribution in [2.24, 2.45) is 5.73 Å². The number of carbonyl (C=O) groups excluding carboxylic acids is 1. The van der Waals surface area contributed by atoms with Gasteiger partial charge in [-0.25, -0.2) is 0 Å². The maximum absolute atomic E-state index is 10.5. The standard InChI is InChI=1S/C8H15NO3/c1-3-11-5-4-6-12-7(2)8(9)10/h3,7H,1,4-6H2,2H3,(H2,9,10). The lowest BCUT2D eigenvalue weighted by Gasteiger charge is -2.08. The number of carbonyl (C=O) groups is 1. The van der Waals surface area contributed by atoms with E-state index in [0.29, 0.717) is 13.2 Å². The molecule has 0 aromatic rings. The van der Waals surface area contributed by atoms with Gasteiger partial charge in [-0.3, -0.25) is 4.79 Å². The Kier molecular flexibility index (Phi) is 6.09. The molecule has 0 saturated carbocycles. The van der Waals surface area contributed by atoms with E-state index in [1.165, 1.54) is 6.26 Å². The van der Waals surface area contributed by atoms with E-state index in [9.17, 15) is 4.79 Å². The predicted octanol–water partition coefficient (Wildman–Crippen LogP) is 0.427. The molecular weight excluding hydrogens is 158 g/mol. The lowest BCUT2D eigenvalue weighted by atomic mass is 10.4. The Bertz CT molecular complexity index is 147. The van der Waals surface area contributed by atoms with E-state index >= 15 is 0 Å². The van der Waals surface area contributed by atoms with Crippen molar-refractivity contribution in [3.05, 3.63) is 12.8 Å². The molecule has 4 heteroatoms. The molecule has 4 nitrogen and oxygen atoms in total. The van der Waals surface area contributed by atoms with Crippen LogP contribution < -0.4 is 5.73 Å². The molecule has 0 bridgehead atoms. The first-order chi connectivity index (χ1) is 5.68. The van der Waals surface area contributed by atoms with E-state index in [4.69, 9.17) is 15.2 Å². The Morgan fingerprint density at radius 3 is 2.83 bits per heavy atom. The van der Waals surface area contributed by atoms with Gasteiger partial charge in [0.25, 0.3) is 0 Å². The highest BCUT2D eigenvalue weighted by Gasteiger charge is 2.06. The Morgan fingerprint density at radius 1 is 1.67 bits per heavy atom. The van der Waals surface area contributed by atoms with Gasteiger partial charge in [0, 0.05) is 6.42 Å². The summed E-state index contributed by atoms with van der Waals surface area (Å²) in [6.07, 6.45) is 1.58.